The molecule has 0 aliphatic carbocycles. The lowest BCUT2D eigenvalue weighted by Gasteiger charge is -2.17. The second-order valence-corrected chi connectivity index (χ2v) is 4.58. The van der Waals surface area contributed by atoms with Gasteiger partial charge < -0.3 is 10.6 Å². The molecule has 78 valence electrons. The van der Waals surface area contributed by atoms with E-state index < -0.39 is 0 Å². The summed E-state index contributed by atoms with van der Waals surface area (Å²) in [6.07, 6.45) is 2.58. The van der Waals surface area contributed by atoms with Crippen molar-refractivity contribution in [3.05, 3.63) is 0 Å². The molecule has 0 aromatic carbocycles. The molecule has 0 bridgehead atoms. The first-order chi connectivity index (χ1) is 6.75. The van der Waals surface area contributed by atoms with Gasteiger partial charge in [0, 0.05) is 11.8 Å². The molecule has 3 N–H and O–H groups in total. The van der Waals surface area contributed by atoms with Gasteiger partial charge in [0.05, 0.1) is 0 Å². The van der Waals surface area contributed by atoms with E-state index in [2.05, 4.69) is 27.1 Å². The number of thioether (sulfide) groups is 1. The Balaban J connectivity index is 1.82. The lowest BCUT2D eigenvalue weighted by molar-refractivity contribution is 0.335. The number of nitrogen functional groups attached to an aromatic ring is 1. The van der Waals surface area contributed by atoms with Crippen molar-refractivity contribution < 1.29 is 0 Å². The summed E-state index contributed by atoms with van der Waals surface area (Å²) in [6, 6.07) is 0.666. The van der Waals surface area contributed by atoms with Gasteiger partial charge in [-0.15, -0.1) is 5.10 Å². The molecule has 0 amide bonds. The van der Waals surface area contributed by atoms with Gasteiger partial charge in [0.1, 0.15) is 0 Å². The first-order valence-corrected chi connectivity index (χ1v) is 5.75. The molecule has 2 rings (SSSR count). The average molecular weight is 213 g/mol. The van der Waals surface area contributed by atoms with Crippen LogP contribution in [0.2, 0.25) is 0 Å². The topological polar surface area (TPSA) is 70.8 Å². The lowest BCUT2D eigenvalue weighted by atomic mass is 10.2. The van der Waals surface area contributed by atoms with Crippen LogP contribution in [0.5, 0.6) is 0 Å². The first-order valence-electron chi connectivity index (χ1n) is 4.76. The van der Waals surface area contributed by atoms with Gasteiger partial charge in [-0.1, -0.05) is 11.8 Å². The lowest BCUT2D eigenvalue weighted by Crippen LogP contribution is -2.26. The molecule has 1 aromatic heterocycles. The second-order valence-electron chi connectivity index (χ2n) is 3.59. The monoisotopic (exact) mass is 213 g/mol. The van der Waals surface area contributed by atoms with Gasteiger partial charge in [0.15, 0.2) is 0 Å². The molecule has 1 saturated heterocycles. The minimum Gasteiger partial charge on any atom is -0.368 e. The molecular weight excluding hydrogens is 198 g/mol. The predicted molar refractivity (Wildman–Crippen MR) is 57.2 cm³/mol. The summed E-state index contributed by atoms with van der Waals surface area (Å²) in [6.45, 7) is 1.21. The maximum atomic E-state index is 5.44. The Morgan fingerprint density at radius 3 is 3.14 bits per heavy atom. The van der Waals surface area contributed by atoms with E-state index in [0.29, 0.717) is 12.0 Å². The Labute approximate surface area is 87.5 Å². The smallest absolute Gasteiger partial charge is 0.216 e. The van der Waals surface area contributed by atoms with Crippen LogP contribution in [-0.4, -0.2) is 45.5 Å². The molecular formula is C8H15N5S. The van der Waals surface area contributed by atoms with Crippen LogP contribution in [0.25, 0.3) is 0 Å². The first kappa shape index (κ1) is 9.79. The Bertz CT molecular complexity index is 300. The highest BCUT2D eigenvalue weighted by Gasteiger charge is 2.21. The van der Waals surface area contributed by atoms with Crippen molar-refractivity contribution in [2.75, 3.05) is 25.1 Å². The van der Waals surface area contributed by atoms with Gasteiger partial charge in [0.2, 0.25) is 11.1 Å². The van der Waals surface area contributed by atoms with E-state index in [-0.39, 0.29) is 0 Å². The van der Waals surface area contributed by atoms with Crippen molar-refractivity contribution >= 4 is 17.7 Å². The molecule has 2 heterocycles. The SMILES string of the molecule is CN1CCCC1CSc1n[nH]c(N)n1. The number of hydrogen-bond acceptors (Lipinski definition) is 5. The summed E-state index contributed by atoms with van der Waals surface area (Å²) >= 11 is 1.67. The van der Waals surface area contributed by atoms with Crippen LogP contribution in [0.4, 0.5) is 5.95 Å². The van der Waals surface area contributed by atoms with Crippen molar-refractivity contribution in [1.82, 2.24) is 20.1 Å². The maximum Gasteiger partial charge on any atom is 0.216 e. The van der Waals surface area contributed by atoms with Crippen molar-refractivity contribution in [3.63, 3.8) is 0 Å². The minimum atomic E-state index is 0.396. The normalized spacial score (nSPS) is 23.1. The highest BCUT2D eigenvalue weighted by molar-refractivity contribution is 7.99. The largest absolute Gasteiger partial charge is 0.368 e. The zero-order valence-corrected chi connectivity index (χ0v) is 9.05. The van der Waals surface area contributed by atoms with Crippen molar-refractivity contribution in [3.8, 4) is 0 Å². The van der Waals surface area contributed by atoms with E-state index in [1.807, 2.05) is 0 Å². The third kappa shape index (κ3) is 2.19. The minimum absolute atomic E-state index is 0.396. The van der Waals surface area contributed by atoms with E-state index >= 15 is 0 Å². The summed E-state index contributed by atoms with van der Waals surface area (Å²) < 4.78 is 0. The van der Waals surface area contributed by atoms with Crippen LogP contribution in [0.1, 0.15) is 12.8 Å². The Hall–Kier alpha value is -0.750. The molecule has 1 aliphatic rings. The van der Waals surface area contributed by atoms with E-state index in [9.17, 15) is 0 Å². The van der Waals surface area contributed by atoms with E-state index in [0.717, 1.165) is 10.9 Å². The van der Waals surface area contributed by atoms with E-state index in [1.54, 1.807) is 11.8 Å². The molecule has 1 aliphatic heterocycles. The Kier molecular flexibility index (Phi) is 2.93. The second kappa shape index (κ2) is 4.18. The van der Waals surface area contributed by atoms with Gasteiger partial charge in [-0.25, -0.2) is 5.10 Å². The van der Waals surface area contributed by atoms with Crippen LogP contribution < -0.4 is 5.73 Å². The fourth-order valence-electron chi connectivity index (χ4n) is 1.68. The number of H-pyrrole nitrogens is 1. The fourth-order valence-corrected chi connectivity index (χ4v) is 2.72. The van der Waals surface area contributed by atoms with Crippen LogP contribution >= 0.6 is 11.8 Å². The highest BCUT2D eigenvalue weighted by Crippen LogP contribution is 2.22. The number of likely N-dealkylation sites (tertiary alicyclic amines) is 1. The number of hydrogen-bond donors (Lipinski definition) is 2. The number of nitrogens with one attached hydrogen (secondary N) is 1. The average Bonchev–Trinajstić information content (AvgIpc) is 2.72. The van der Waals surface area contributed by atoms with Gasteiger partial charge in [-0.05, 0) is 26.4 Å². The predicted octanol–water partition coefficient (Wildman–Crippen LogP) is 0.573. The van der Waals surface area contributed by atoms with E-state index in [1.165, 1.54) is 19.4 Å². The molecule has 1 unspecified atom stereocenters. The van der Waals surface area contributed by atoms with Crippen molar-refractivity contribution in [1.29, 1.82) is 0 Å². The number of aromatic nitrogens is 3. The highest BCUT2D eigenvalue weighted by atomic mass is 32.2. The zero-order valence-electron chi connectivity index (χ0n) is 8.23. The van der Waals surface area contributed by atoms with Gasteiger partial charge in [-0.3, -0.25) is 0 Å². The number of rotatable bonds is 3. The molecule has 6 heteroatoms. The maximum absolute atomic E-state index is 5.44. The van der Waals surface area contributed by atoms with E-state index in [4.69, 9.17) is 5.73 Å². The Morgan fingerprint density at radius 2 is 2.57 bits per heavy atom. The zero-order chi connectivity index (χ0) is 9.97. The number of aromatic amines is 1. The molecule has 14 heavy (non-hydrogen) atoms. The summed E-state index contributed by atoms with van der Waals surface area (Å²) in [7, 11) is 2.17. The molecule has 5 nitrogen and oxygen atoms in total. The van der Waals surface area contributed by atoms with Crippen LogP contribution in [0.3, 0.4) is 0 Å². The number of anilines is 1. The number of nitrogens with two attached hydrogens (primary N) is 1. The Morgan fingerprint density at radius 1 is 1.71 bits per heavy atom. The summed E-state index contributed by atoms with van der Waals surface area (Å²) in [4.78, 5) is 6.44. The van der Waals surface area contributed by atoms with Crippen LogP contribution in [0, 0.1) is 0 Å². The van der Waals surface area contributed by atoms with Crippen molar-refractivity contribution in [2.45, 2.75) is 24.0 Å². The van der Waals surface area contributed by atoms with Gasteiger partial charge in [-0.2, -0.15) is 4.98 Å². The number of nitrogens with zero attached hydrogens (tertiary/aromatic N) is 3. The molecule has 0 saturated carbocycles. The van der Waals surface area contributed by atoms with Gasteiger partial charge >= 0.3 is 0 Å². The third-order valence-corrected chi connectivity index (χ3v) is 3.55. The third-order valence-electron chi connectivity index (χ3n) is 2.56. The molecule has 0 radical (unpaired) electrons. The van der Waals surface area contributed by atoms with Gasteiger partial charge in [0.25, 0.3) is 0 Å². The fraction of sp³-hybridized carbons (Fsp3) is 0.750. The molecule has 1 fully saturated rings. The van der Waals surface area contributed by atoms with Crippen molar-refractivity contribution in [2.24, 2.45) is 0 Å². The van der Waals surface area contributed by atoms with Crippen LogP contribution in [0.15, 0.2) is 5.16 Å². The molecule has 1 aromatic rings. The summed E-state index contributed by atoms with van der Waals surface area (Å²) in [5.41, 5.74) is 5.44. The summed E-state index contributed by atoms with van der Waals surface area (Å²) in [5, 5.41) is 7.38. The van der Waals surface area contributed by atoms with Crippen LogP contribution in [-0.2, 0) is 0 Å². The molecule has 0 spiro atoms. The molecule has 1 atom stereocenters. The quantitative estimate of drug-likeness (QED) is 0.718. The standard InChI is InChI=1S/C8H15N5S/c1-13-4-2-3-6(13)5-14-8-10-7(9)11-12-8/h6H,2-5H2,1H3,(H3,9,10,11,12). The summed E-state index contributed by atoms with van der Waals surface area (Å²) in [5.74, 6) is 1.45.